The molecule has 2 aromatic carbocycles. The van der Waals surface area contributed by atoms with Gasteiger partial charge < -0.3 is 14.5 Å². The van der Waals surface area contributed by atoms with Crippen LogP contribution >= 0.6 is 0 Å². The fraction of sp³-hybridized carbons (Fsp3) is 0.286. The van der Waals surface area contributed by atoms with E-state index in [1.54, 1.807) is 12.1 Å². The third-order valence-corrected chi connectivity index (χ3v) is 4.60. The molecule has 0 spiro atoms. The van der Waals surface area contributed by atoms with Gasteiger partial charge in [-0.3, -0.25) is 4.79 Å². The second-order valence-corrected chi connectivity index (χ2v) is 6.70. The molecule has 6 heteroatoms. The lowest BCUT2D eigenvalue weighted by atomic mass is 10.1. The minimum absolute atomic E-state index is 0.108. The monoisotopic (exact) mass is 363 g/mol. The SMILES string of the molecule is Cc1cccc(-c2nnc(-c3ccc(C(=O)NCC4CCCO4)cc3)o2)c1. The van der Waals surface area contributed by atoms with Crippen LogP contribution in [0.4, 0.5) is 0 Å². The van der Waals surface area contributed by atoms with Gasteiger partial charge in [-0.05, 0) is 56.2 Å². The Morgan fingerprint density at radius 3 is 2.59 bits per heavy atom. The van der Waals surface area contributed by atoms with Gasteiger partial charge in [0.1, 0.15) is 0 Å². The zero-order valence-electron chi connectivity index (χ0n) is 15.1. The van der Waals surface area contributed by atoms with E-state index in [4.69, 9.17) is 9.15 Å². The Hall–Kier alpha value is -2.99. The van der Waals surface area contributed by atoms with Crippen LogP contribution in [-0.4, -0.2) is 35.4 Å². The summed E-state index contributed by atoms with van der Waals surface area (Å²) in [5.74, 6) is 0.799. The first-order valence-electron chi connectivity index (χ1n) is 9.10. The predicted octanol–water partition coefficient (Wildman–Crippen LogP) is 3.62. The van der Waals surface area contributed by atoms with Crippen LogP contribution in [0.15, 0.2) is 52.9 Å². The van der Waals surface area contributed by atoms with Crippen molar-refractivity contribution in [2.75, 3.05) is 13.2 Å². The Morgan fingerprint density at radius 2 is 1.89 bits per heavy atom. The summed E-state index contributed by atoms with van der Waals surface area (Å²) < 4.78 is 11.3. The summed E-state index contributed by atoms with van der Waals surface area (Å²) >= 11 is 0. The van der Waals surface area contributed by atoms with Gasteiger partial charge in [0.2, 0.25) is 11.8 Å². The van der Waals surface area contributed by atoms with E-state index in [1.807, 2.05) is 43.3 Å². The fourth-order valence-corrected chi connectivity index (χ4v) is 3.11. The molecule has 27 heavy (non-hydrogen) atoms. The zero-order valence-corrected chi connectivity index (χ0v) is 15.1. The highest BCUT2D eigenvalue weighted by Gasteiger charge is 2.17. The molecular weight excluding hydrogens is 342 g/mol. The number of nitrogens with zero attached hydrogens (tertiary/aromatic N) is 2. The van der Waals surface area contributed by atoms with E-state index < -0.39 is 0 Å². The molecular formula is C21H21N3O3. The molecule has 6 nitrogen and oxygen atoms in total. The van der Waals surface area contributed by atoms with E-state index >= 15 is 0 Å². The van der Waals surface area contributed by atoms with Gasteiger partial charge in [-0.2, -0.15) is 0 Å². The molecule has 1 fully saturated rings. The maximum Gasteiger partial charge on any atom is 0.251 e. The summed E-state index contributed by atoms with van der Waals surface area (Å²) in [7, 11) is 0. The van der Waals surface area contributed by atoms with Crippen molar-refractivity contribution in [2.45, 2.75) is 25.9 Å². The van der Waals surface area contributed by atoms with Gasteiger partial charge in [0.25, 0.3) is 5.91 Å². The van der Waals surface area contributed by atoms with Crippen molar-refractivity contribution < 1.29 is 13.9 Å². The number of amides is 1. The molecule has 0 bridgehead atoms. The van der Waals surface area contributed by atoms with Crippen molar-refractivity contribution in [1.82, 2.24) is 15.5 Å². The number of carbonyl (C=O) groups excluding carboxylic acids is 1. The molecule has 1 saturated heterocycles. The topological polar surface area (TPSA) is 77.2 Å². The molecule has 4 rings (SSSR count). The van der Waals surface area contributed by atoms with Gasteiger partial charge in [0.05, 0.1) is 6.10 Å². The van der Waals surface area contributed by atoms with Crippen LogP contribution in [0.1, 0.15) is 28.8 Å². The molecule has 1 aliphatic rings. The highest BCUT2D eigenvalue weighted by atomic mass is 16.5. The molecule has 1 amide bonds. The predicted molar refractivity (Wildman–Crippen MR) is 101 cm³/mol. The molecule has 0 saturated carbocycles. The van der Waals surface area contributed by atoms with Crippen LogP contribution in [0, 0.1) is 6.92 Å². The van der Waals surface area contributed by atoms with Crippen LogP contribution in [0.2, 0.25) is 0 Å². The Bertz CT molecular complexity index is 928. The normalized spacial score (nSPS) is 16.4. The Kier molecular flexibility index (Phi) is 4.98. The van der Waals surface area contributed by atoms with Crippen molar-refractivity contribution in [3.8, 4) is 22.9 Å². The van der Waals surface area contributed by atoms with Crippen LogP contribution in [0.3, 0.4) is 0 Å². The molecule has 1 aliphatic heterocycles. The fourth-order valence-electron chi connectivity index (χ4n) is 3.11. The smallest absolute Gasteiger partial charge is 0.251 e. The van der Waals surface area contributed by atoms with Crippen molar-refractivity contribution in [3.05, 3.63) is 59.7 Å². The first kappa shape index (κ1) is 17.4. The number of rotatable bonds is 5. The minimum Gasteiger partial charge on any atom is -0.416 e. The summed E-state index contributed by atoms with van der Waals surface area (Å²) in [6.45, 7) is 3.34. The van der Waals surface area contributed by atoms with Gasteiger partial charge >= 0.3 is 0 Å². The number of carbonyl (C=O) groups is 1. The Balaban J connectivity index is 1.43. The number of hydrogen-bond donors (Lipinski definition) is 1. The molecule has 1 aromatic heterocycles. The number of ether oxygens (including phenoxy) is 1. The zero-order chi connectivity index (χ0) is 18.6. The van der Waals surface area contributed by atoms with Gasteiger partial charge in [0, 0.05) is 29.8 Å². The largest absolute Gasteiger partial charge is 0.416 e. The number of aromatic nitrogens is 2. The quantitative estimate of drug-likeness (QED) is 0.749. The summed E-state index contributed by atoms with van der Waals surface area (Å²) in [4.78, 5) is 12.3. The van der Waals surface area contributed by atoms with E-state index in [9.17, 15) is 4.79 Å². The van der Waals surface area contributed by atoms with Crippen molar-refractivity contribution in [2.24, 2.45) is 0 Å². The molecule has 1 N–H and O–H groups in total. The lowest BCUT2D eigenvalue weighted by Gasteiger charge is -2.10. The molecule has 2 heterocycles. The summed E-state index contributed by atoms with van der Waals surface area (Å²) in [5, 5.41) is 11.2. The second kappa shape index (κ2) is 7.72. The van der Waals surface area contributed by atoms with Gasteiger partial charge in [-0.25, -0.2) is 0 Å². The van der Waals surface area contributed by atoms with Gasteiger partial charge in [-0.1, -0.05) is 17.7 Å². The average molecular weight is 363 g/mol. The lowest BCUT2D eigenvalue weighted by Crippen LogP contribution is -2.31. The number of nitrogens with one attached hydrogen (secondary N) is 1. The first-order valence-corrected chi connectivity index (χ1v) is 9.10. The first-order chi connectivity index (χ1) is 13.2. The molecule has 1 atom stereocenters. The molecule has 3 aromatic rings. The second-order valence-electron chi connectivity index (χ2n) is 6.70. The van der Waals surface area contributed by atoms with E-state index in [0.29, 0.717) is 23.9 Å². The number of hydrogen-bond acceptors (Lipinski definition) is 5. The summed E-state index contributed by atoms with van der Waals surface area (Å²) in [5.41, 5.74) is 3.39. The summed E-state index contributed by atoms with van der Waals surface area (Å²) in [6, 6.07) is 15.1. The van der Waals surface area contributed by atoms with Crippen LogP contribution in [0.25, 0.3) is 22.9 Å². The third-order valence-electron chi connectivity index (χ3n) is 4.60. The standard InChI is InChI=1S/C21H21N3O3/c1-14-4-2-5-17(12-14)21-24-23-20(27-21)16-9-7-15(8-10-16)19(25)22-13-18-6-3-11-26-18/h2,4-5,7-10,12,18H,3,6,11,13H2,1H3,(H,22,25). The highest BCUT2D eigenvalue weighted by Crippen LogP contribution is 2.24. The van der Waals surface area contributed by atoms with E-state index in [1.165, 1.54) is 0 Å². The molecule has 0 aliphatic carbocycles. The third kappa shape index (κ3) is 4.06. The van der Waals surface area contributed by atoms with Crippen LogP contribution in [0.5, 0.6) is 0 Å². The van der Waals surface area contributed by atoms with Crippen molar-refractivity contribution in [3.63, 3.8) is 0 Å². The maximum atomic E-state index is 12.3. The van der Waals surface area contributed by atoms with Gasteiger partial charge in [-0.15, -0.1) is 10.2 Å². The van der Waals surface area contributed by atoms with E-state index in [-0.39, 0.29) is 12.0 Å². The lowest BCUT2D eigenvalue weighted by molar-refractivity contribution is 0.0858. The van der Waals surface area contributed by atoms with Crippen molar-refractivity contribution in [1.29, 1.82) is 0 Å². The van der Waals surface area contributed by atoms with E-state index in [0.717, 1.165) is 36.1 Å². The molecule has 0 radical (unpaired) electrons. The Morgan fingerprint density at radius 1 is 1.11 bits per heavy atom. The molecule has 1 unspecified atom stereocenters. The number of aryl methyl sites for hydroxylation is 1. The van der Waals surface area contributed by atoms with Crippen molar-refractivity contribution >= 4 is 5.91 Å². The summed E-state index contributed by atoms with van der Waals surface area (Å²) in [6.07, 6.45) is 2.19. The average Bonchev–Trinajstić information content (AvgIpc) is 3.38. The highest BCUT2D eigenvalue weighted by molar-refractivity contribution is 5.94. The Labute approximate surface area is 157 Å². The maximum absolute atomic E-state index is 12.3. The minimum atomic E-state index is -0.108. The number of benzene rings is 2. The van der Waals surface area contributed by atoms with E-state index in [2.05, 4.69) is 15.5 Å². The van der Waals surface area contributed by atoms with Gasteiger partial charge in [0.15, 0.2) is 0 Å². The van der Waals surface area contributed by atoms with Crippen LogP contribution in [-0.2, 0) is 4.74 Å². The molecule has 138 valence electrons. The van der Waals surface area contributed by atoms with Crippen LogP contribution < -0.4 is 5.32 Å².